The molecule has 3 nitrogen and oxygen atoms in total. The number of rotatable bonds is 7. The minimum Gasteiger partial charge on any atom is -0.349 e. The zero-order valence-corrected chi connectivity index (χ0v) is 12.9. The van der Waals surface area contributed by atoms with E-state index in [0.29, 0.717) is 10.6 Å². The van der Waals surface area contributed by atoms with Crippen LogP contribution in [0.25, 0.3) is 0 Å². The molecule has 1 atom stereocenters. The Morgan fingerprint density at radius 1 is 1.32 bits per heavy atom. The Morgan fingerprint density at radius 3 is 2.68 bits per heavy atom. The highest BCUT2D eigenvalue weighted by atomic mass is 35.5. The Kier molecular flexibility index (Phi) is 7.17. The first-order chi connectivity index (χ1) is 9.08. The summed E-state index contributed by atoms with van der Waals surface area (Å²) in [7, 11) is 0. The van der Waals surface area contributed by atoms with Crippen LogP contribution < -0.4 is 5.32 Å². The van der Waals surface area contributed by atoms with Gasteiger partial charge in [0.1, 0.15) is 5.15 Å². The number of unbranched alkanes of at least 4 members (excludes halogenated alkanes) is 1. The summed E-state index contributed by atoms with van der Waals surface area (Å²) in [4.78, 5) is 16.0. The van der Waals surface area contributed by atoms with Crippen molar-refractivity contribution in [1.82, 2.24) is 10.3 Å². The summed E-state index contributed by atoms with van der Waals surface area (Å²) in [6, 6.07) is 1.70. The van der Waals surface area contributed by atoms with Gasteiger partial charge >= 0.3 is 0 Å². The van der Waals surface area contributed by atoms with Gasteiger partial charge in [0.05, 0.1) is 10.6 Å². The monoisotopic (exact) mass is 302 g/mol. The summed E-state index contributed by atoms with van der Waals surface area (Å²) in [5.74, 6) is -0.177. The van der Waals surface area contributed by atoms with Crippen LogP contribution in [-0.4, -0.2) is 16.9 Å². The van der Waals surface area contributed by atoms with Gasteiger partial charge in [0.2, 0.25) is 0 Å². The number of carbonyl (C=O) groups excluding carboxylic acids is 1. The Morgan fingerprint density at radius 2 is 2.05 bits per heavy atom. The molecule has 1 aromatic rings. The molecule has 1 amide bonds. The van der Waals surface area contributed by atoms with Crippen LogP contribution in [0.5, 0.6) is 0 Å². The second kappa shape index (κ2) is 8.39. The topological polar surface area (TPSA) is 42.0 Å². The Hall–Kier alpha value is -0.800. The van der Waals surface area contributed by atoms with Crippen LogP contribution in [0.1, 0.15) is 56.3 Å². The number of hydrogen-bond acceptors (Lipinski definition) is 2. The van der Waals surface area contributed by atoms with Gasteiger partial charge in [0.25, 0.3) is 5.91 Å². The Bertz CT molecular complexity index is 424. The lowest BCUT2D eigenvalue weighted by molar-refractivity contribution is 0.0932. The average molecular weight is 303 g/mol. The lowest BCUT2D eigenvalue weighted by atomic mass is 10.0. The molecule has 1 heterocycles. The summed E-state index contributed by atoms with van der Waals surface area (Å²) in [5.41, 5.74) is 0.388. The van der Waals surface area contributed by atoms with Crippen molar-refractivity contribution >= 4 is 29.1 Å². The molecule has 0 fully saturated rings. The minimum absolute atomic E-state index is 0.177. The molecule has 0 radical (unpaired) electrons. The molecule has 0 spiro atoms. The number of amides is 1. The van der Waals surface area contributed by atoms with E-state index in [2.05, 4.69) is 24.1 Å². The van der Waals surface area contributed by atoms with Crippen molar-refractivity contribution in [2.45, 2.75) is 52.0 Å². The molecular formula is C14H20Cl2N2O. The van der Waals surface area contributed by atoms with Crippen molar-refractivity contribution in [3.05, 3.63) is 28.0 Å². The van der Waals surface area contributed by atoms with Crippen LogP contribution >= 0.6 is 23.2 Å². The number of nitrogens with zero attached hydrogens (tertiary/aromatic N) is 1. The lowest BCUT2D eigenvalue weighted by Crippen LogP contribution is -2.35. The highest BCUT2D eigenvalue weighted by Gasteiger charge is 2.16. The summed E-state index contributed by atoms with van der Waals surface area (Å²) >= 11 is 11.8. The van der Waals surface area contributed by atoms with Crippen molar-refractivity contribution in [3.63, 3.8) is 0 Å². The van der Waals surface area contributed by atoms with Crippen LogP contribution in [0.15, 0.2) is 12.3 Å². The Labute approximate surface area is 124 Å². The molecule has 1 aromatic heterocycles. The highest BCUT2D eigenvalue weighted by molar-refractivity contribution is 6.35. The van der Waals surface area contributed by atoms with E-state index in [0.717, 1.165) is 32.1 Å². The summed E-state index contributed by atoms with van der Waals surface area (Å²) in [6.45, 7) is 4.26. The van der Waals surface area contributed by atoms with Gasteiger partial charge < -0.3 is 5.32 Å². The van der Waals surface area contributed by atoms with E-state index in [4.69, 9.17) is 23.2 Å². The Balaban J connectivity index is 2.72. The van der Waals surface area contributed by atoms with Gasteiger partial charge in [-0.1, -0.05) is 56.3 Å². The number of pyridine rings is 1. The van der Waals surface area contributed by atoms with E-state index < -0.39 is 0 Å². The van der Waals surface area contributed by atoms with E-state index in [9.17, 15) is 4.79 Å². The quantitative estimate of drug-likeness (QED) is 0.755. The first-order valence-electron chi connectivity index (χ1n) is 6.70. The molecule has 19 heavy (non-hydrogen) atoms. The third kappa shape index (κ3) is 5.37. The summed E-state index contributed by atoms with van der Waals surface area (Å²) < 4.78 is 0. The molecular weight excluding hydrogens is 283 g/mol. The van der Waals surface area contributed by atoms with E-state index in [1.165, 1.54) is 12.3 Å². The fraction of sp³-hybridized carbons (Fsp3) is 0.571. The number of nitrogens with one attached hydrogen (secondary N) is 1. The van der Waals surface area contributed by atoms with Crippen LogP contribution in [0.2, 0.25) is 10.2 Å². The van der Waals surface area contributed by atoms with Gasteiger partial charge in [-0.3, -0.25) is 4.79 Å². The lowest BCUT2D eigenvalue weighted by Gasteiger charge is -2.18. The molecule has 0 saturated carbocycles. The molecule has 0 bridgehead atoms. The normalized spacial score (nSPS) is 12.2. The third-order valence-electron chi connectivity index (χ3n) is 2.95. The second-order valence-electron chi connectivity index (χ2n) is 4.59. The van der Waals surface area contributed by atoms with Crippen molar-refractivity contribution in [2.24, 2.45) is 0 Å². The van der Waals surface area contributed by atoms with Crippen molar-refractivity contribution in [1.29, 1.82) is 0 Å². The van der Waals surface area contributed by atoms with Crippen molar-refractivity contribution in [3.8, 4) is 0 Å². The van der Waals surface area contributed by atoms with Gasteiger partial charge in [-0.25, -0.2) is 4.98 Å². The predicted octanol–water partition coefficient (Wildman–Crippen LogP) is 4.48. The van der Waals surface area contributed by atoms with Gasteiger partial charge in [-0.15, -0.1) is 0 Å². The second-order valence-corrected chi connectivity index (χ2v) is 5.38. The maximum absolute atomic E-state index is 12.2. The maximum Gasteiger partial charge on any atom is 0.253 e. The number of halogens is 2. The molecule has 0 aliphatic heterocycles. The largest absolute Gasteiger partial charge is 0.349 e. The number of carbonyl (C=O) groups is 1. The van der Waals surface area contributed by atoms with E-state index >= 15 is 0 Å². The van der Waals surface area contributed by atoms with Crippen LogP contribution in [-0.2, 0) is 0 Å². The molecule has 5 heteroatoms. The van der Waals surface area contributed by atoms with E-state index in [-0.39, 0.29) is 17.1 Å². The number of hydrogen-bond donors (Lipinski definition) is 1. The van der Waals surface area contributed by atoms with Gasteiger partial charge in [0, 0.05) is 12.2 Å². The summed E-state index contributed by atoms with van der Waals surface area (Å²) in [6.07, 6.45) is 6.64. The molecule has 1 unspecified atom stereocenters. The third-order valence-corrected chi connectivity index (χ3v) is 3.45. The molecule has 1 rings (SSSR count). The average Bonchev–Trinajstić information content (AvgIpc) is 2.39. The molecule has 0 aliphatic carbocycles. The van der Waals surface area contributed by atoms with Crippen molar-refractivity contribution in [2.75, 3.05) is 0 Å². The maximum atomic E-state index is 12.2. The SMILES string of the molecule is CCCCC(CCC)NC(=O)c1cc(Cl)ncc1Cl. The standard InChI is InChI=1S/C14H20Cl2N2O/c1-3-5-7-10(6-4-2)18-14(19)11-8-13(16)17-9-12(11)15/h8-10H,3-7H2,1-2H3,(H,18,19). The summed E-state index contributed by atoms with van der Waals surface area (Å²) in [5, 5.41) is 3.63. The van der Waals surface area contributed by atoms with E-state index in [1.54, 1.807) is 0 Å². The molecule has 106 valence electrons. The van der Waals surface area contributed by atoms with Gasteiger partial charge in [-0.05, 0) is 18.9 Å². The first kappa shape index (κ1) is 16.3. The fourth-order valence-corrected chi connectivity index (χ4v) is 2.29. The van der Waals surface area contributed by atoms with Crippen LogP contribution in [0.3, 0.4) is 0 Å². The zero-order valence-electron chi connectivity index (χ0n) is 11.4. The molecule has 0 saturated heterocycles. The fourth-order valence-electron chi connectivity index (χ4n) is 1.94. The highest BCUT2D eigenvalue weighted by Crippen LogP contribution is 2.18. The minimum atomic E-state index is -0.177. The molecule has 1 N–H and O–H groups in total. The smallest absolute Gasteiger partial charge is 0.253 e. The molecule has 0 aliphatic rings. The van der Waals surface area contributed by atoms with Crippen molar-refractivity contribution < 1.29 is 4.79 Å². The zero-order chi connectivity index (χ0) is 14.3. The predicted molar refractivity (Wildman–Crippen MR) is 79.9 cm³/mol. The van der Waals surface area contributed by atoms with Crippen LogP contribution in [0, 0.1) is 0 Å². The molecule has 0 aromatic carbocycles. The van der Waals surface area contributed by atoms with Gasteiger partial charge in [-0.2, -0.15) is 0 Å². The van der Waals surface area contributed by atoms with Crippen LogP contribution in [0.4, 0.5) is 0 Å². The number of aromatic nitrogens is 1. The van der Waals surface area contributed by atoms with E-state index in [1.807, 2.05) is 0 Å². The first-order valence-corrected chi connectivity index (χ1v) is 7.46. The van der Waals surface area contributed by atoms with Gasteiger partial charge in [0.15, 0.2) is 0 Å².